The van der Waals surface area contributed by atoms with Crippen molar-refractivity contribution in [2.75, 3.05) is 4.90 Å². The van der Waals surface area contributed by atoms with E-state index in [0.29, 0.717) is 4.83 Å². The predicted molar refractivity (Wildman–Crippen MR) is 280 cm³/mol. The maximum atomic E-state index is 6.45. The molecule has 0 saturated carbocycles. The fourth-order valence-corrected chi connectivity index (χ4v) is 9.96. The highest BCUT2D eigenvalue weighted by Crippen LogP contribution is 2.42. The molecular weight excluding hydrogens is 926 g/mol. The van der Waals surface area contributed by atoms with E-state index in [1.54, 1.807) is 0 Å². The highest BCUT2D eigenvalue weighted by molar-refractivity contribution is 9.10. The normalized spacial score (nSPS) is 13.8. The lowest BCUT2D eigenvalue weighted by atomic mass is 9.91. The number of alkyl halides is 1. The molecule has 2 heterocycles. The van der Waals surface area contributed by atoms with Crippen LogP contribution in [0.25, 0.3) is 94.0 Å². The summed E-state index contributed by atoms with van der Waals surface area (Å²) in [4.78, 5) is 2.69. The number of para-hydroxylation sites is 4. The van der Waals surface area contributed by atoms with E-state index < -0.39 is 0 Å². The molecule has 9 aromatic carbocycles. The van der Waals surface area contributed by atoms with Gasteiger partial charge in [0.15, 0.2) is 0 Å². The van der Waals surface area contributed by atoms with Crippen molar-refractivity contribution in [2.24, 2.45) is 0 Å². The van der Waals surface area contributed by atoms with Gasteiger partial charge in [-0.15, -0.1) is 0 Å². The van der Waals surface area contributed by atoms with Gasteiger partial charge in [0.2, 0.25) is 0 Å². The van der Waals surface area contributed by atoms with Crippen LogP contribution in [0.4, 0.5) is 17.1 Å². The number of nitrogens with zero attached hydrogens (tertiary/aromatic N) is 1. The molecule has 0 fully saturated rings. The van der Waals surface area contributed by atoms with Gasteiger partial charge in [0.25, 0.3) is 0 Å². The van der Waals surface area contributed by atoms with Gasteiger partial charge in [-0.2, -0.15) is 0 Å². The summed E-state index contributed by atoms with van der Waals surface area (Å²) < 4.78 is 14.0. The molecule has 1 aliphatic rings. The molecule has 0 radical (unpaired) electrons. The van der Waals surface area contributed by atoms with Crippen LogP contribution in [0.3, 0.4) is 0 Å². The Hall–Kier alpha value is -7.18. The second-order valence-electron chi connectivity index (χ2n) is 16.6. The van der Waals surface area contributed by atoms with Gasteiger partial charge in [-0.3, -0.25) is 0 Å². The average Bonchev–Trinajstić information content (AvgIpc) is 3.94. The molecule has 310 valence electrons. The molecule has 1 atom stereocenters. The van der Waals surface area contributed by atoms with Crippen LogP contribution >= 0.6 is 31.9 Å². The summed E-state index contributed by atoms with van der Waals surface area (Å²) in [6, 6.07) is 71.5. The number of allylic oxidation sites excluding steroid dienone is 4. The van der Waals surface area contributed by atoms with Gasteiger partial charge in [0.1, 0.15) is 22.3 Å². The second kappa shape index (κ2) is 16.4. The van der Waals surface area contributed by atoms with E-state index in [1.165, 1.54) is 27.8 Å². The number of halogens is 2. The summed E-state index contributed by atoms with van der Waals surface area (Å²) in [5.41, 5.74) is 18.2. The largest absolute Gasteiger partial charge is 0.455 e. The van der Waals surface area contributed by atoms with Crippen molar-refractivity contribution in [2.45, 2.75) is 11.2 Å². The Kier molecular flexibility index (Phi) is 9.96. The van der Waals surface area contributed by atoms with Gasteiger partial charge in [-0.05, 0) is 130 Å². The third-order valence-corrected chi connectivity index (χ3v) is 13.8. The molecule has 11 aromatic rings. The Bertz CT molecular complexity index is 3480. The molecule has 0 bridgehead atoms. The first-order valence-electron chi connectivity index (χ1n) is 21.9. The van der Waals surface area contributed by atoms with E-state index in [4.69, 9.17) is 8.83 Å². The van der Waals surface area contributed by atoms with Crippen LogP contribution in [0.5, 0.6) is 0 Å². The summed E-state index contributed by atoms with van der Waals surface area (Å²) >= 11 is 7.39. The van der Waals surface area contributed by atoms with E-state index in [0.717, 1.165) is 99.6 Å². The number of fused-ring (bicyclic) bond motifs is 6. The van der Waals surface area contributed by atoms with Crippen LogP contribution in [0.2, 0.25) is 0 Å². The minimum Gasteiger partial charge on any atom is -0.455 e. The van der Waals surface area contributed by atoms with Gasteiger partial charge in [-0.1, -0.05) is 171 Å². The number of hydrogen-bond donors (Lipinski definition) is 0. The summed E-state index contributed by atoms with van der Waals surface area (Å²) in [5.74, 6) is 0. The van der Waals surface area contributed by atoms with Gasteiger partial charge in [0.05, 0.1) is 0 Å². The van der Waals surface area contributed by atoms with Crippen LogP contribution in [0.15, 0.2) is 232 Å². The van der Waals surface area contributed by atoms with Crippen LogP contribution in [0.1, 0.15) is 12.0 Å². The zero-order valence-electron chi connectivity index (χ0n) is 35.1. The fourth-order valence-electron chi connectivity index (χ4n) is 9.36. The van der Waals surface area contributed by atoms with Gasteiger partial charge in [-0.25, -0.2) is 0 Å². The minimum atomic E-state index is 0.361. The molecule has 1 unspecified atom stereocenters. The lowest BCUT2D eigenvalue weighted by molar-refractivity contribution is 0.669. The third-order valence-electron chi connectivity index (χ3n) is 12.6. The molecule has 0 amide bonds. The minimum absolute atomic E-state index is 0.361. The third kappa shape index (κ3) is 7.31. The van der Waals surface area contributed by atoms with Crippen molar-refractivity contribution in [1.82, 2.24) is 0 Å². The Morgan fingerprint density at radius 2 is 0.846 bits per heavy atom. The van der Waals surface area contributed by atoms with Crippen LogP contribution in [0, 0.1) is 0 Å². The highest BCUT2D eigenvalue weighted by atomic mass is 79.9. The van der Waals surface area contributed by atoms with Crippen molar-refractivity contribution in [3.05, 3.63) is 228 Å². The molecule has 0 saturated heterocycles. The Morgan fingerprint density at radius 3 is 1.32 bits per heavy atom. The monoisotopic (exact) mass is 963 g/mol. The lowest BCUT2D eigenvalue weighted by Crippen LogP contribution is -2.09. The first-order chi connectivity index (χ1) is 32.0. The summed E-state index contributed by atoms with van der Waals surface area (Å²) in [6.45, 7) is 0. The zero-order valence-corrected chi connectivity index (χ0v) is 38.3. The molecule has 2 aromatic heterocycles. The van der Waals surface area contributed by atoms with Gasteiger partial charge >= 0.3 is 0 Å². The predicted octanol–water partition coefficient (Wildman–Crippen LogP) is 18.5. The smallest absolute Gasteiger partial charge is 0.143 e. The van der Waals surface area contributed by atoms with Crippen molar-refractivity contribution in [3.63, 3.8) is 0 Å². The Balaban J connectivity index is 0.945. The maximum absolute atomic E-state index is 6.45. The van der Waals surface area contributed by atoms with Crippen LogP contribution in [-0.2, 0) is 0 Å². The zero-order chi connectivity index (χ0) is 43.4. The summed E-state index contributed by atoms with van der Waals surface area (Å²) in [5, 5.41) is 4.50. The number of benzene rings is 9. The molecule has 0 spiro atoms. The maximum Gasteiger partial charge on any atom is 0.143 e. The van der Waals surface area contributed by atoms with Crippen molar-refractivity contribution >= 4 is 98.4 Å². The van der Waals surface area contributed by atoms with Crippen LogP contribution < -0.4 is 4.90 Å². The molecule has 1 aliphatic carbocycles. The standard InChI is InChI=1S/C60H39Br2NO2/c61-46-25-15-38(16-26-46)43-35-44(39-17-27-47(62)28-18-39)37-45(36-43)40-19-29-48(30-20-40)63(49-31-21-41(22-32-49)51-9-5-11-55-53-7-1-3-13-57(53)64-59(51)55)50-33-23-42(24-34-50)52-10-6-12-56-54-8-2-4-14-58(54)65-60(52)56/h1-27,29-37,47H,28H2. The molecule has 3 nitrogen and oxygen atoms in total. The van der Waals surface area contributed by atoms with Gasteiger partial charge < -0.3 is 13.7 Å². The number of rotatable bonds is 8. The van der Waals surface area contributed by atoms with Crippen LogP contribution in [-0.4, -0.2) is 4.83 Å². The fraction of sp³-hybridized carbons (Fsp3) is 0.0333. The average molecular weight is 966 g/mol. The van der Waals surface area contributed by atoms with E-state index >= 15 is 0 Å². The number of hydrogen-bond acceptors (Lipinski definition) is 3. The van der Waals surface area contributed by atoms with E-state index in [-0.39, 0.29) is 0 Å². The quantitative estimate of drug-likeness (QED) is 0.142. The molecule has 65 heavy (non-hydrogen) atoms. The lowest BCUT2D eigenvalue weighted by Gasteiger charge is -2.26. The molecular formula is C60H39Br2NO2. The first-order valence-corrected chi connectivity index (χ1v) is 23.6. The molecule has 5 heteroatoms. The van der Waals surface area contributed by atoms with Crippen molar-refractivity contribution in [1.29, 1.82) is 0 Å². The number of anilines is 3. The van der Waals surface area contributed by atoms with Crippen molar-refractivity contribution < 1.29 is 8.83 Å². The van der Waals surface area contributed by atoms with E-state index in [2.05, 4.69) is 231 Å². The van der Waals surface area contributed by atoms with Crippen molar-refractivity contribution in [3.8, 4) is 44.5 Å². The summed E-state index contributed by atoms with van der Waals surface area (Å²) in [6.07, 6.45) is 7.76. The SMILES string of the molecule is Brc1ccc(-c2cc(C3=CCC(Br)C=C3)cc(-c3ccc(N(c4ccc(-c5cccc6c5oc5ccccc56)cc4)c4ccc(-c5cccc6c5oc5ccccc56)cc4)cc3)c2)cc1. The first kappa shape index (κ1) is 39.4. The number of furan rings is 2. The van der Waals surface area contributed by atoms with E-state index in [1.807, 2.05) is 24.3 Å². The summed E-state index contributed by atoms with van der Waals surface area (Å²) in [7, 11) is 0. The molecule has 0 N–H and O–H groups in total. The van der Waals surface area contributed by atoms with Gasteiger partial charge in [0, 0.05) is 59.0 Å². The second-order valence-corrected chi connectivity index (χ2v) is 18.7. The Morgan fingerprint density at radius 1 is 0.415 bits per heavy atom. The molecule has 12 rings (SSSR count). The van der Waals surface area contributed by atoms with E-state index in [9.17, 15) is 0 Å². The molecule has 0 aliphatic heterocycles. The Labute approximate surface area is 393 Å². The highest BCUT2D eigenvalue weighted by Gasteiger charge is 2.18. The topological polar surface area (TPSA) is 29.5 Å².